The van der Waals surface area contributed by atoms with E-state index in [1.54, 1.807) is 6.92 Å². The highest BCUT2D eigenvalue weighted by molar-refractivity contribution is 5.86. The van der Waals surface area contributed by atoms with Crippen molar-refractivity contribution in [3.63, 3.8) is 0 Å². The van der Waals surface area contributed by atoms with Gasteiger partial charge in [-0.3, -0.25) is 4.79 Å². The monoisotopic (exact) mass is 218 g/mol. The Morgan fingerprint density at radius 3 is 2.81 bits per heavy atom. The first-order chi connectivity index (χ1) is 7.59. The molecule has 84 valence electrons. The Morgan fingerprint density at radius 1 is 1.62 bits per heavy atom. The van der Waals surface area contributed by atoms with Crippen LogP contribution in [-0.4, -0.2) is 12.5 Å². The number of allylic oxidation sites excluding steroid dienone is 2. The molecule has 0 saturated carbocycles. The average Bonchev–Trinajstić information content (AvgIpc) is 2.30. The predicted octanol–water partition coefficient (Wildman–Crippen LogP) is 0.553. The van der Waals surface area contributed by atoms with E-state index >= 15 is 0 Å². The molecule has 0 spiro atoms. The fourth-order valence-electron chi connectivity index (χ4n) is 1.78. The summed E-state index contributed by atoms with van der Waals surface area (Å²) in [6.45, 7) is 2.27. The molecule has 16 heavy (non-hydrogen) atoms. The van der Waals surface area contributed by atoms with E-state index in [9.17, 15) is 4.79 Å². The number of hydrogen-bond donors (Lipinski definition) is 2. The Hall–Kier alpha value is -2.01. The van der Waals surface area contributed by atoms with Gasteiger partial charge in [0.25, 0.3) is 0 Å². The van der Waals surface area contributed by atoms with Gasteiger partial charge >= 0.3 is 0 Å². The molecule has 0 bridgehead atoms. The molecule has 3 N–H and O–H groups in total. The summed E-state index contributed by atoms with van der Waals surface area (Å²) in [6, 6.07) is 4.00. The molecule has 1 atom stereocenters. The van der Waals surface area contributed by atoms with E-state index in [0.29, 0.717) is 30.7 Å². The summed E-state index contributed by atoms with van der Waals surface area (Å²) in [6.07, 6.45) is 0.928. The molecule has 5 heteroatoms. The van der Waals surface area contributed by atoms with Gasteiger partial charge < -0.3 is 11.1 Å². The maximum atomic E-state index is 11.8. The summed E-state index contributed by atoms with van der Waals surface area (Å²) in [5.41, 5.74) is 5.39. The third kappa shape index (κ3) is 1.99. The van der Waals surface area contributed by atoms with Crippen molar-refractivity contribution in [1.82, 2.24) is 5.32 Å². The predicted molar refractivity (Wildman–Crippen MR) is 57.4 cm³/mol. The van der Waals surface area contributed by atoms with Crippen molar-refractivity contribution in [2.75, 3.05) is 6.54 Å². The third-order valence-electron chi connectivity index (χ3n) is 2.81. The number of amides is 1. The fourth-order valence-corrected chi connectivity index (χ4v) is 1.78. The van der Waals surface area contributed by atoms with Crippen molar-refractivity contribution >= 4 is 5.91 Å². The van der Waals surface area contributed by atoms with E-state index in [1.165, 1.54) is 0 Å². The summed E-state index contributed by atoms with van der Waals surface area (Å²) >= 11 is 0. The minimum Gasteiger partial charge on any atom is -0.401 e. The second kappa shape index (κ2) is 4.67. The molecule has 1 amide bonds. The molecule has 5 nitrogen and oxygen atoms in total. The van der Waals surface area contributed by atoms with Crippen LogP contribution in [0.25, 0.3) is 0 Å². The smallest absolute Gasteiger partial charge is 0.240 e. The molecule has 1 rings (SSSR count). The van der Waals surface area contributed by atoms with E-state index in [-0.39, 0.29) is 12.3 Å². The summed E-state index contributed by atoms with van der Waals surface area (Å²) in [5.74, 6) is -0.308. The normalized spacial score (nSPS) is 24.4. The van der Waals surface area contributed by atoms with Crippen LogP contribution in [0.4, 0.5) is 0 Å². The van der Waals surface area contributed by atoms with Crippen molar-refractivity contribution in [1.29, 1.82) is 10.5 Å². The number of nitrogens with one attached hydrogen (secondary N) is 1. The Morgan fingerprint density at radius 2 is 2.31 bits per heavy atom. The molecular weight excluding hydrogens is 204 g/mol. The van der Waals surface area contributed by atoms with Gasteiger partial charge in [-0.2, -0.15) is 10.5 Å². The van der Waals surface area contributed by atoms with Crippen LogP contribution in [0.3, 0.4) is 0 Å². The molecule has 1 unspecified atom stereocenters. The lowest BCUT2D eigenvalue weighted by molar-refractivity contribution is -0.128. The molecule has 0 aromatic heterocycles. The van der Waals surface area contributed by atoms with Gasteiger partial charge in [-0.15, -0.1) is 0 Å². The van der Waals surface area contributed by atoms with E-state index in [0.717, 1.165) is 0 Å². The van der Waals surface area contributed by atoms with Gasteiger partial charge in [-0.25, -0.2) is 0 Å². The van der Waals surface area contributed by atoms with Crippen LogP contribution in [0.5, 0.6) is 0 Å². The highest BCUT2D eigenvalue weighted by atomic mass is 16.2. The van der Waals surface area contributed by atoms with Crippen LogP contribution >= 0.6 is 0 Å². The molecule has 1 aliphatic rings. The lowest BCUT2D eigenvalue weighted by Crippen LogP contribution is -2.42. The van der Waals surface area contributed by atoms with E-state index in [1.807, 2.05) is 12.1 Å². The number of nitriles is 2. The highest BCUT2D eigenvalue weighted by Crippen LogP contribution is 2.37. The zero-order valence-electron chi connectivity index (χ0n) is 9.21. The second-order valence-electron chi connectivity index (χ2n) is 3.85. The van der Waals surface area contributed by atoms with Crippen molar-refractivity contribution in [3.05, 3.63) is 11.3 Å². The molecule has 0 aliphatic heterocycles. The Balaban J connectivity index is 3.00. The molecule has 0 saturated heterocycles. The zero-order valence-corrected chi connectivity index (χ0v) is 9.21. The minimum absolute atomic E-state index is 0.123. The standard InChI is InChI=1S/C11H14N4O/c1-2-15-10(16)11(7-13)4-3-9(14)8(5-11)6-12/h2-5,14H2,1H3,(H,15,16). The number of nitrogens with two attached hydrogens (primary N) is 1. The SMILES string of the molecule is CCNC(=O)C1(C#N)CCC(N)=C(C#N)C1. The summed E-state index contributed by atoms with van der Waals surface area (Å²) in [5, 5.41) is 20.7. The van der Waals surface area contributed by atoms with Crippen molar-refractivity contribution < 1.29 is 4.79 Å². The lowest BCUT2D eigenvalue weighted by Gasteiger charge is -2.29. The lowest BCUT2D eigenvalue weighted by atomic mass is 9.73. The van der Waals surface area contributed by atoms with Crippen LogP contribution in [0, 0.1) is 28.1 Å². The van der Waals surface area contributed by atoms with Crippen LogP contribution in [-0.2, 0) is 4.79 Å². The number of hydrogen-bond acceptors (Lipinski definition) is 4. The maximum Gasteiger partial charge on any atom is 0.240 e. The van der Waals surface area contributed by atoms with Gasteiger partial charge in [0.1, 0.15) is 5.41 Å². The minimum atomic E-state index is -1.12. The summed E-state index contributed by atoms with van der Waals surface area (Å²) in [4.78, 5) is 11.8. The number of carbonyl (C=O) groups is 1. The van der Waals surface area contributed by atoms with Crippen LogP contribution in [0.1, 0.15) is 26.2 Å². The summed E-state index contributed by atoms with van der Waals surface area (Å²) in [7, 11) is 0. The Labute approximate surface area is 94.5 Å². The molecule has 1 aliphatic carbocycles. The third-order valence-corrected chi connectivity index (χ3v) is 2.81. The van der Waals surface area contributed by atoms with Gasteiger partial charge in [0.15, 0.2) is 0 Å². The van der Waals surface area contributed by atoms with Gasteiger partial charge in [0.2, 0.25) is 5.91 Å². The molecule has 0 heterocycles. The van der Waals surface area contributed by atoms with Gasteiger partial charge in [0, 0.05) is 18.7 Å². The van der Waals surface area contributed by atoms with E-state index in [4.69, 9.17) is 16.3 Å². The first kappa shape index (κ1) is 12.1. The van der Waals surface area contributed by atoms with E-state index < -0.39 is 5.41 Å². The zero-order chi connectivity index (χ0) is 12.2. The van der Waals surface area contributed by atoms with Crippen LogP contribution in [0.15, 0.2) is 11.3 Å². The topological polar surface area (TPSA) is 103 Å². The van der Waals surface area contributed by atoms with Crippen molar-refractivity contribution in [2.24, 2.45) is 11.1 Å². The largest absolute Gasteiger partial charge is 0.401 e. The molecular formula is C11H14N4O. The average molecular weight is 218 g/mol. The second-order valence-corrected chi connectivity index (χ2v) is 3.85. The first-order valence-electron chi connectivity index (χ1n) is 5.16. The molecule has 0 aromatic carbocycles. The fraction of sp³-hybridized carbons (Fsp3) is 0.545. The van der Waals surface area contributed by atoms with Crippen molar-refractivity contribution in [2.45, 2.75) is 26.2 Å². The van der Waals surface area contributed by atoms with Gasteiger partial charge in [-0.05, 0) is 19.8 Å². The Kier molecular flexibility index (Phi) is 3.52. The highest BCUT2D eigenvalue weighted by Gasteiger charge is 2.42. The van der Waals surface area contributed by atoms with Crippen LogP contribution < -0.4 is 11.1 Å². The van der Waals surface area contributed by atoms with Crippen LogP contribution in [0.2, 0.25) is 0 Å². The summed E-state index contributed by atoms with van der Waals surface area (Å²) < 4.78 is 0. The number of carbonyl (C=O) groups excluding carboxylic acids is 1. The first-order valence-corrected chi connectivity index (χ1v) is 5.16. The maximum absolute atomic E-state index is 11.8. The Bertz CT molecular complexity index is 413. The quantitative estimate of drug-likeness (QED) is 0.706. The number of rotatable bonds is 2. The molecule has 0 aromatic rings. The van der Waals surface area contributed by atoms with E-state index in [2.05, 4.69) is 5.32 Å². The number of nitrogens with zero attached hydrogens (tertiary/aromatic N) is 2. The molecule has 0 fully saturated rings. The molecule has 0 radical (unpaired) electrons. The van der Waals surface area contributed by atoms with Crippen molar-refractivity contribution in [3.8, 4) is 12.1 Å². The van der Waals surface area contributed by atoms with Gasteiger partial charge in [-0.1, -0.05) is 0 Å². The van der Waals surface area contributed by atoms with Gasteiger partial charge in [0.05, 0.1) is 17.7 Å².